The predicted molar refractivity (Wildman–Crippen MR) is 67.9 cm³/mol. The van der Waals surface area contributed by atoms with Crippen LogP contribution in [0, 0.1) is 0 Å². The van der Waals surface area contributed by atoms with Crippen LogP contribution in [0.2, 0.25) is 0 Å². The predicted octanol–water partition coefficient (Wildman–Crippen LogP) is 2.41. The molecule has 0 aromatic carbocycles. The van der Waals surface area contributed by atoms with Crippen molar-refractivity contribution < 1.29 is 23.1 Å². The highest BCUT2D eigenvalue weighted by Gasteiger charge is 2.34. The standard InChI is InChI=1S/C12H13F3N4O2/c1-2-7(5-10(20)21)17-11-8-6-9(12(13,14)15)18-19(8)4-3-16-11/h3-4,6-7H,2,5H2,1H3,(H,16,17)(H,20,21). The molecule has 9 heteroatoms. The molecule has 114 valence electrons. The van der Waals surface area contributed by atoms with E-state index in [1.54, 1.807) is 6.92 Å². The third kappa shape index (κ3) is 3.41. The number of fused-ring (bicyclic) bond motifs is 1. The number of nitrogens with one attached hydrogen (secondary N) is 1. The molecule has 0 aliphatic carbocycles. The van der Waals surface area contributed by atoms with Gasteiger partial charge in [0.05, 0.1) is 6.42 Å². The molecule has 0 radical (unpaired) electrons. The molecule has 2 aromatic rings. The van der Waals surface area contributed by atoms with E-state index in [-0.39, 0.29) is 17.8 Å². The van der Waals surface area contributed by atoms with Crippen LogP contribution in [0.3, 0.4) is 0 Å². The zero-order valence-electron chi connectivity index (χ0n) is 11.1. The minimum Gasteiger partial charge on any atom is -0.481 e. The highest BCUT2D eigenvalue weighted by molar-refractivity contribution is 5.71. The van der Waals surface area contributed by atoms with Gasteiger partial charge in [0.1, 0.15) is 5.52 Å². The molecule has 1 unspecified atom stereocenters. The molecule has 2 heterocycles. The lowest BCUT2D eigenvalue weighted by Crippen LogP contribution is -2.23. The number of anilines is 1. The Kier molecular flexibility index (Phi) is 4.01. The average molecular weight is 302 g/mol. The van der Waals surface area contributed by atoms with E-state index in [2.05, 4.69) is 15.4 Å². The number of halogens is 3. The Labute approximate surface area is 117 Å². The molecule has 0 bridgehead atoms. The van der Waals surface area contributed by atoms with Crippen molar-refractivity contribution in [1.29, 1.82) is 0 Å². The van der Waals surface area contributed by atoms with E-state index in [0.717, 1.165) is 10.6 Å². The number of aliphatic carboxylic acids is 1. The highest BCUT2D eigenvalue weighted by atomic mass is 19.4. The number of nitrogens with zero attached hydrogens (tertiary/aromatic N) is 3. The van der Waals surface area contributed by atoms with Crippen molar-refractivity contribution in [3.63, 3.8) is 0 Å². The van der Waals surface area contributed by atoms with Gasteiger partial charge in [-0.3, -0.25) is 4.79 Å². The molecule has 0 aliphatic rings. The van der Waals surface area contributed by atoms with E-state index in [9.17, 15) is 18.0 Å². The molecule has 6 nitrogen and oxygen atoms in total. The van der Waals surface area contributed by atoms with Crippen LogP contribution in [0.15, 0.2) is 18.5 Å². The Bertz CT molecular complexity index is 653. The zero-order valence-corrected chi connectivity index (χ0v) is 11.1. The minimum atomic E-state index is -4.55. The maximum atomic E-state index is 12.7. The molecular formula is C12H13F3N4O2. The summed E-state index contributed by atoms with van der Waals surface area (Å²) in [4.78, 5) is 14.7. The smallest absolute Gasteiger partial charge is 0.435 e. The van der Waals surface area contributed by atoms with Gasteiger partial charge in [-0.2, -0.15) is 18.3 Å². The number of rotatable bonds is 5. The summed E-state index contributed by atoms with van der Waals surface area (Å²) >= 11 is 0. The van der Waals surface area contributed by atoms with E-state index >= 15 is 0 Å². The average Bonchev–Trinajstić information content (AvgIpc) is 2.82. The van der Waals surface area contributed by atoms with Crippen molar-refractivity contribution in [2.24, 2.45) is 0 Å². The number of alkyl halides is 3. The van der Waals surface area contributed by atoms with Gasteiger partial charge < -0.3 is 10.4 Å². The third-order valence-corrected chi connectivity index (χ3v) is 2.93. The molecule has 0 fully saturated rings. The van der Waals surface area contributed by atoms with Crippen molar-refractivity contribution in [3.8, 4) is 0 Å². The number of aromatic nitrogens is 3. The topological polar surface area (TPSA) is 79.5 Å². The number of carboxylic acid groups (broad SMARTS) is 1. The lowest BCUT2D eigenvalue weighted by molar-refractivity contribution is -0.141. The second-order valence-electron chi connectivity index (χ2n) is 4.48. The summed E-state index contributed by atoms with van der Waals surface area (Å²) < 4.78 is 39.1. The first kappa shape index (κ1) is 15.1. The molecule has 0 saturated heterocycles. The Balaban J connectivity index is 2.35. The second-order valence-corrected chi connectivity index (χ2v) is 4.48. The summed E-state index contributed by atoms with van der Waals surface area (Å²) in [6, 6.07) is 0.452. The normalized spacial score (nSPS) is 13.3. The quantitative estimate of drug-likeness (QED) is 0.886. The molecule has 2 rings (SSSR count). The fraction of sp³-hybridized carbons (Fsp3) is 0.417. The van der Waals surface area contributed by atoms with Crippen LogP contribution in [0.4, 0.5) is 19.0 Å². The van der Waals surface area contributed by atoms with E-state index in [1.165, 1.54) is 12.4 Å². The van der Waals surface area contributed by atoms with E-state index in [4.69, 9.17) is 5.11 Å². The summed E-state index contributed by atoms with van der Waals surface area (Å²) in [5.74, 6) is -0.820. The van der Waals surface area contributed by atoms with Gasteiger partial charge in [0.2, 0.25) is 0 Å². The van der Waals surface area contributed by atoms with Crippen molar-refractivity contribution in [2.45, 2.75) is 32.0 Å². The Morgan fingerprint density at radius 1 is 1.52 bits per heavy atom. The number of carboxylic acids is 1. The highest BCUT2D eigenvalue weighted by Crippen LogP contribution is 2.30. The van der Waals surface area contributed by atoms with Gasteiger partial charge in [-0.15, -0.1) is 0 Å². The van der Waals surface area contributed by atoms with Crippen LogP contribution in [0.1, 0.15) is 25.5 Å². The molecule has 21 heavy (non-hydrogen) atoms. The molecule has 0 saturated carbocycles. The maximum Gasteiger partial charge on any atom is 0.435 e. The fourth-order valence-electron chi connectivity index (χ4n) is 1.87. The van der Waals surface area contributed by atoms with Gasteiger partial charge in [0, 0.05) is 24.5 Å². The van der Waals surface area contributed by atoms with Crippen molar-refractivity contribution in [3.05, 3.63) is 24.2 Å². The lowest BCUT2D eigenvalue weighted by atomic mass is 10.1. The number of hydrogen-bond donors (Lipinski definition) is 2. The van der Waals surface area contributed by atoms with Crippen LogP contribution >= 0.6 is 0 Å². The largest absolute Gasteiger partial charge is 0.481 e. The van der Waals surface area contributed by atoms with E-state index in [0.29, 0.717) is 6.42 Å². The Morgan fingerprint density at radius 2 is 2.24 bits per heavy atom. The molecule has 0 spiro atoms. The van der Waals surface area contributed by atoms with Gasteiger partial charge in [-0.05, 0) is 6.42 Å². The zero-order chi connectivity index (χ0) is 15.6. The number of carbonyl (C=O) groups is 1. The first-order valence-electron chi connectivity index (χ1n) is 6.21. The van der Waals surface area contributed by atoms with Crippen LogP contribution in [-0.4, -0.2) is 31.7 Å². The summed E-state index contributed by atoms with van der Waals surface area (Å²) in [6.45, 7) is 1.78. The maximum absolute atomic E-state index is 12.7. The summed E-state index contributed by atoms with van der Waals surface area (Å²) in [5, 5.41) is 15.1. The van der Waals surface area contributed by atoms with Gasteiger partial charge in [0.15, 0.2) is 11.5 Å². The summed E-state index contributed by atoms with van der Waals surface area (Å²) in [7, 11) is 0. The molecular weight excluding hydrogens is 289 g/mol. The monoisotopic (exact) mass is 302 g/mol. The summed E-state index contributed by atoms with van der Waals surface area (Å²) in [6.07, 6.45) is -1.60. The molecule has 0 amide bonds. The molecule has 1 atom stereocenters. The third-order valence-electron chi connectivity index (χ3n) is 2.93. The van der Waals surface area contributed by atoms with Gasteiger partial charge in [-0.1, -0.05) is 6.92 Å². The molecule has 2 aromatic heterocycles. The van der Waals surface area contributed by atoms with Gasteiger partial charge >= 0.3 is 12.1 Å². The van der Waals surface area contributed by atoms with Crippen molar-refractivity contribution >= 4 is 17.3 Å². The van der Waals surface area contributed by atoms with Crippen LogP contribution in [0.5, 0.6) is 0 Å². The lowest BCUT2D eigenvalue weighted by Gasteiger charge is -2.15. The van der Waals surface area contributed by atoms with Gasteiger partial charge in [0.25, 0.3) is 0 Å². The number of hydrogen-bond acceptors (Lipinski definition) is 4. The second kappa shape index (κ2) is 5.58. The van der Waals surface area contributed by atoms with Crippen molar-refractivity contribution in [2.75, 3.05) is 5.32 Å². The SMILES string of the molecule is CCC(CC(=O)O)Nc1nccn2nc(C(F)(F)F)cc12. The first-order valence-corrected chi connectivity index (χ1v) is 6.21. The van der Waals surface area contributed by atoms with Crippen LogP contribution in [-0.2, 0) is 11.0 Å². The Hall–Kier alpha value is -2.32. The minimum absolute atomic E-state index is 0.147. The van der Waals surface area contributed by atoms with E-state index < -0.39 is 23.9 Å². The fourth-order valence-corrected chi connectivity index (χ4v) is 1.87. The first-order chi connectivity index (χ1) is 9.81. The van der Waals surface area contributed by atoms with Crippen LogP contribution in [0.25, 0.3) is 5.52 Å². The summed E-state index contributed by atoms with van der Waals surface area (Å²) in [5.41, 5.74) is -0.876. The Morgan fingerprint density at radius 3 is 2.81 bits per heavy atom. The van der Waals surface area contributed by atoms with Crippen molar-refractivity contribution in [1.82, 2.24) is 14.6 Å². The molecule has 2 N–H and O–H groups in total. The van der Waals surface area contributed by atoms with Gasteiger partial charge in [-0.25, -0.2) is 9.50 Å². The van der Waals surface area contributed by atoms with E-state index in [1.807, 2.05) is 0 Å². The van der Waals surface area contributed by atoms with Crippen LogP contribution < -0.4 is 5.32 Å². The molecule has 0 aliphatic heterocycles.